The highest BCUT2D eigenvalue weighted by atomic mass is 16.5. The minimum atomic E-state index is -0.238. The Bertz CT molecular complexity index is 997. The first-order chi connectivity index (χ1) is 14.0. The van der Waals surface area contributed by atoms with Crippen LogP contribution in [0.3, 0.4) is 0 Å². The summed E-state index contributed by atoms with van der Waals surface area (Å²) in [7, 11) is 3.18. The molecule has 1 heterocycles. The molecule has 0 fully saturated rings. The molecule has 0 aliphatic rings. The maximum atomic E-state index is 12.6. The second-order valence-electron chi connectivity index (χ2n) is 6.72. The summed E-state index contributed by atoms with van der Waals surface area (Å²) in [6, 6.07) is 11.3. The number of hydrogen-bond acceptors (Lipinski definition) is 5. The van der Waals surface area contributed by atoms with E-state index in [1.165, 1.54) is 0 Å². The van der Waals surface area contributed by atoms with Crippen molar-refractivity contribution in [3.8, 4) is 11.5 Å². The fourth-order valence-electron chi connectivity index (χ4n) is 2.89. The van der Waals surface area contributed by atoms with E-state index in [4.69, 9.17) is 14.2 Å². The lowest BCUT2D eigenvalue weighted by Gasteiger charge is -2.14. The van der Waals surface area contributed by atoms with Crippen LogP contribution in [0, 0.1) is 13.8 Å². The number of methoxy groups -OCH3 is 2. The SMILES string of the molecule is COCn1cc(NC(=O)c2ccc(OC)c(COc3cc(C)ccc3C)c2)cn1. The molecule has 0 atom stereocenters. The van der Waals surface area contributed by atoms with E-state index in [9.17, 15) is 4.79 Å². The first-order valence-electron chi connectivity index (χ1n) is 9.20. The standard InChI is InChI=1S/C22H25N3O4/c1-15-5-6-16(2)21(9-15)29-13-18-10-17(7-8-20(18)28-4)22(26)24-19-11-23-25(12-19)14-27-3/h5-12H,13-14H2,1-4H3,(H,24,26). The van der Waals surface area contributed by atoms with Crippen LogP contribution in [-0.4, -0.2) is 29.9 Å². The van der Waals surface area contributed by atoms with Crippen molar-refractivity contribution in [2.45, 2.75) is 27.2 Å². The number of anilines is 1. The van der Waals surface area contributed by atoms with Gasteiger partial charge in [0.15, 0.2) is 0 Å². The van der Waals surface area contributed by atoms with Crippen LogP contribution in [0.25, 0.3) is 0 Å². The Labute approximate surface area is 170 Å². The molecule has 1 amide bonds. The second-order valence-corrected chi connectivity index (χ2v) is 6.72. The van der Waals surface area contributed by atoms with Gasteiger partial charge in [0.25, 0.3) is 5.91 Å². The van der Waals surface area contributed by atoms with Crippen LogP contribution in [0.1, 0.15) is 27.0 Å². The predicted molar refractivity (Wildman–Crippen MR) is 110 cm³/mol. The molecule has 2 aromatic carbocycles. The molecular weight excluding hydrogens is 370 g/mol. The number of amides is 1. The van der Waals surface area contributed by atoms with Gasteiger partial charge in [-0.15, -0.1) is 0 Å². The van der Waals surface area contributed by atoms with Gasteiger partial charge < -0.3 is 19.5 Å². The van der Waals surface area contributed by atoms with Gasteiger partial charge in [0, 0.05) is 18.2 Å². The lowest BCUT2D eigenvalue weighted by molar-refractivity contribution is 0.102. The Morgan fingerprint density at radius 1 is 1.10 bits per heavy atom. The summed E-state index contributed by atoms with van der Waals surface area (Å²) in [5.74, 6) is 1.24. The van der Waals surface area contributed by atoms with Gasteiger partial charge in [0.2, 0.25) is 0 Å². The highest BCUT2D eigenvalue weighted by Crippen LogP contribution is 2.25. The van der Waals surface area contributed by atoms with E-state index in [-0.39, 0.29) is 5.91 Å². The number of hydrogen-bond donors (Lipinski definition) is 1. The number of nitrogens with zero attached hydrogens (tertiary/aromatic N) is 2. The van der Waals surface area contributed by atoms with Crippen LogP contribution in [0.5, 0.6) is 11.5 Å². The number of nitrogens with one attached hydrogen (secondary N) is 1. The van der Waals surface area contributed by atoms with Crippen LogP contribution in [0.2, 0.25) is 0 Å². The molecule has 29 heavy (non-hydrogen) atoms. The number of benzene rings is 2. The Kier molecular flexibility index (Phi) is 6.51. The van der Waals surface area contributed by atoms with Gasteiger partial charge in [-0.3, -0.25) is 4.79 Å². The largest absolute Gasteiger partial charge is 0.496 e. The predicted octanol–water partition coefficient (Wildman–Crippen LogP) is 3.94. The number of aryl methyl sites for hydroxylation is 2. The normalized spacial score (nSPS) is 10.6. The molecule has 0 saturated carbocycles. The lowest BCUT2D eigenvalue weighted by Crippen LogP contribution is -2.12. The Hall–Kier alpha value is -3.32. The monoisotopic (exact) mass is 395 g/mol. The molecule has 1 N–H and O–H groups in total. The third-order valence-corrected chi connectivity index (χ3v) is 4.42. The van der Waals surface area contributed by atoms with Gasteiger partial charge >= 0.3 is 0 Å². The summed E-state index contributed by atoms with van der Waals surface area (Å²) in [6.45, 7) is 4.63. The third-order valence-electron chi connectivity index (χ3n) is 4.42. The summed E-state index contributed by atoms with van der Waals surface area (Å²) in [5.41, 5.74) is 4.06. The van der Waals surface area contributed by atoms with Gasteiger partial charge in [-0.2, -0.15) is 5.10 Å². The summed E-state index contributed by atoms with van der Waals surface area (Å²) in [5, 5.41) is 6.95. The molecule has 1 aromatic heterocycles. The molecule has 0 saturated heterocycles. The highest BCUT2D eigenvalue weighted by Gasteiger charge is 2.13. The molecule has 0 radical (unpaired) electrons. The van der Waals surface area contributed by atoms with Crippen molar-refractivity contribution in [3.05, 3.63) is 71.0 Å². The molecule has 7 nitrogen and oxygen atoms in total. The molecule has 0 unspecified atom stereocenters. The van der Waals surface area contributed by atoms with Crippen molar-refractivity contribution in [2.75, 3.05) is 19.5 Å². The van der Waals surface area contributed by atoms with E-state index in [0.717, 1.165) is 22.4 Å². The zero-order chi connectivity index (χ0) is 20.8. The molecule has 0 spiro atoms. The van der Waals surface area contributed by atoms with Crippen molar-refractivity contribution in [3.63, 3.8) is 0 Å². The van der Waals surface area contributed by atoms with Crippen LogP contribution < -0.4 is 14.8 Å². The number of ether oxygens (including phenoxy) is 3. The van der Waals surface area contributed by atoms with E-state index in [1.807, 2.05) is 32.0 Å². The Morgan fingerprint density at radius 2 is 1.93 bits per heavy atom. The van der Waals surface area contributed by atoms with Gasteiger partial charge in [-0.05, 0) is 49.2 Å². The van der Waals surface area contributed by atoms with Crippen molar-refractivity contribution in [2.24, 2.45) is 0 Å². The fraction of sp³-hybridized carbons (Fsp3) is 0.273. The molecular formula is C22H25N3O4. The average Bonchev–Trinajstić information content (AvgIpc) is 3.15. The second kappa shape index (κ2) is 9.25. The highest BCUT2D eigenvalue weighted by molar-refractivity contribution is 6.04. The first kappa shape index (κ1) is 20.4. The van der Waals surface area contributed by atoms with Gasteiger partial charge in [0.1, 0.15) is 24.8 Å². The molecule has 0 bridgehead atoms. The van der Waals surface area contributed by atoms with E-state index in [2.05, 4.69) is 10.4 Å². The molecule has 3 rings (SSSR count). The smallest absolute Gasteiger partial charge is 0.255 e. The van der Waals surface area contributed by atoms with Crippen molar-refractivity contribution < 1.29 is 19.0 Å². The van der Waals surface area contributed by atoms with Crippen LogP contribution in [-0.2, 0) is 18.1 Å². The van der Waals surface area contributed by atoms with Gasteiger partial charge in [-0.1, -0.05) is 12.1 Å². The van der Waals surface area contributed by atoms with Crippen molar-refractivity contribution in [1.82, 2.24) is 9.78 Å². The summed E-state index contributed by atoms with van der Waals surface area (Å²) in [4.78, 5) is 12.6. The van der Waals surface area contributed by atoms with E-state index >= 15 is 0 Å². The van der Waals surface area contributed by atoms with Crippen LogP contribution in [0.15, 0.2) is 48.8 Å². The number of rotatable bonds is 8. The minimum absolute atomic E-state index is 0.238. The number of carbonyl (C=O) groups is 1. The minimum Gasteiger partial charge on any atom is -0.496 e. The molecule has 7 heteroatoms. The van der Waals surface area contributed by atoms with E-state index < -0.39 is 0 Å². The fourth-order valence-corrected chi connectivity index (χ4v) is 2.89. The van der Waals surface area contributed by atoms with Crippen molar-refractivity contribution >= 4 is 11.6 Å². The summed E-state index contributed by atoms with van der Waals surface area (Å²) in [6.07, 6.45) is 3.28. The molecule has 0 aliphatic heterocycles. The topological polar surface area (TPSA) is 74.6 Å². The lowest BCUT2D eigenvalue weighted by atomic mass is 10.1. The summed E-state index contributed by atoms with van der Waals surface area (Å²) >= 11 is 0. The van der Waals surface area contributed by atoms with Gasteiger partial charge in [-0.25, -0.2) is 4.68 Å². The maximum absolute atomic E-state index is 12.6. The Balaban J connectivity index is 1.75. The van der Waals surface area contributed by atoms with Crippen LogP contribution >= 0.6 is 0 Å². The molecule has 3 aromatic rings. The first-order valence-corrected chi connectivity index (χ1v) is 9.20. The van der Waals surface area contributed by atoms with Crippen molar-refractivity contribution in [1.29, 1.82) is 0 Å². The number of aromatic nitrogens is 2. The third kappa shape index (κ3) is 5.14. The quantitative estimate of drug-likeness (QED) is 0.625. The summed E-state index contributed by atoms with van der Waals surface area (Å²) < 4.78 is 18.0. The van der Waals surface area contributed by atoms with Crippen LogP contribution in [0.4, 0.5) is 5.69 Å². The molecule has 152 valence electrons. The average molecular weight is 395 g/mol. The molecule has 0 aliphatic carbocycles. The van der Waals surface area contributed by atoms with Gasteiger partial charge in [0.05, 0.1) is 25.2 Å². The zero-order valence-electron chi connectivity index (χ0n) is 17.1. The van der Waals surface area contributed by atoms with E-state index in [0.29, 0.717) is 30.3 Å². The maximum Gasteiger partial charge on any atom is 0.255 e. The zero-order valence-corrected chi connectivity index (χ0v) is 17.1. The van der Waals surface area contributed by atoms with E-state index in [1.54, 1.807) is 49.5 Å². The number of carbonyl (C=O) groups excluding carboxylic acids is 1. The Morgan fingerprint density at radius 3 is 2.69 bits per heavy atom.